The molecule has 0 radical (unpaired) electrons. The minimum absolute atomic E-state index is 0.577. The molecule has 0 spiro atoms. The predicted molar refractivity (Wildman–Crippen MR) is 74.5 cm³/mol. The van der Waals surface area contributed by atoms with Crippen molar-refractivity contribution in [3.8, 4) is 0 Å². The molecule has 0 aromatic carbocycles. The first-order valence-electron chi connectivity index (χ1n) is 7.29. The molecule has 2 saturated heterocycles. The Hall–Kier alpha value is -1.20. The molecule has 3 rings (SSSR count). The van der Waals surface area contributed by atoms with Crippen molar-refractivity contribution < 1.29 is 4.74 Å². The van der Waals surface area contributed by atoms with Crippen LogP contribution < -0.4 is 10.2 Å². The van der Waals surface area contributed by atoms with Crippen LogP contribution >= 0.6 is 0 Å². The fraction of sp³-hybridized carbons (Fsp3) is 0.714. The van der Waals surface area contributed by atoms with Gasteiger partial charge in [0.05, 0.1) is 0 Å². The summed E-state index contributed by atoms with van der Waals surface area (Å²) >= 11 is 0. The molecule has 3 heterocycles. The molecule has 19 heavy (non-hydrogen) atoms. The Balaban J connectivity index is 1.67. The first kappa shape index (κ1) is 12.8. The molecule has 1 aromatic rings. The summed E-state index contributed by atoms with van der Waals surface area (Å²) in [6.07, 6.45) is 7.37. The van der Waals surface area contributed by atoms with Crippen molar-refractivity contribution >= 4 is 5.95 Å². The summed E-state index contributed by atoms with van der Waals surface area (Å²) in [4.78, 5) is 11.4. The third-order valence-electron chi connectivity index (χ3n) is 3.97. The maximum Gasteiger partial charge on any atom is 0.225 e. The highest BCUT2D eigenvalue weighted by molar-refractivity contribution is 5.31. The molecular formula is C14H22N4O. The lowest BCUT2D eigenvalue weighted by molar-refractivity contribution is 0.0852. The average Bonchev–Trinajstić information content (AvgIpc) is 2.77. The molecule has 0 atom stereocenters. The number of hydrogen-bond acceptors (Lipinski definition) is 5. The van der Waals surface area contributed by atoms with Gasteiger partial charge in [-0.15, -0.1) is 0 Å². The summed E-state index contributed by atoms with van der Waals surface area (Å²) in [5, 5.41) is 3.40. The highest BCUT2D eigenvalue weighted by Crippen LogP contribution is 2.26. The van der Waals surface area contributed by atoms with E-state index in [0.717, 1.165) is 64.6 Å². The van der Waals surface area contributed by atoms with Crippen molar-refractivity contribution in [2.24, 2.45) is 0 Å². The number of nitrogens with one attached hydrogen (secondary N) is 1. The van der Waals surface area contributed by atoms with Crippen molar-refractivity contribution in [3.63, 3.8) is 0 Å². The molecular weight excluding hydrogens is 240 g/mol. The van der Waals surface area contributed by atoms with Crippen LogP contribution in [-0.2, 0) is 4.74 Å². The zero-order valence-corrected chi connectivity index (χ0v) is 11.3. The van der Waals surface area contributed by atoms with Gasteiger partial charge in [0.15, 0.2) is 0 Å². The number of hydrogen-bond donors (Lipinski definition) is 1. The monoisotopic (exact) mass is 262 g/mol. The van der Waals surface area contributed by atoms with Crippen LogP contribution in [0.4, 0.5) is 5.95 Å². The Kier molecular flexibility index (Phi) is 4.25. The van der Waals surface area contributed by atoms with Crippen LogP contribution in [0.3, 0.4) is 0 Å². The number of ether oxygens (including phenoxy) is 1. The van der Waals surface area contributed by atoms with Gasteiger partial charge >= 0.3 is 0 Å². The van der Waals surface area contributed by atoms with Crippen molar-refractivity contribution in [1.29, 1.82) is 0 Å². The molecule has 0 bridgehead atoms. The van der Waals surface area contributed by atoms with E-state index in [-0.39, 0.29) is 0 Å². The SMILES string of the molecule is c1nc(N2CCCNCC2)ncc1C1CCOCC1. The van der Waals surface area contributed by atoms with Crippen molar-refractivity contribution in [2.45, 2.75) is 25.2 Å². The summed E-state index contributed by atoms with van der Waals surface area (Å²) in [5.74, 6) is 1.45. The summed E-state index contributed by atoms with van der Waals surface area (Å²) in [6, 6.07) is 0. The van der Waals surface area contributed by atoms with Crippen LogP contribution in [0.1, 0.15) is 30.7 Å². The summed E-state index contributed by atoms with van der Waals surface area (Å²) in [5.41, 5.74) is 1.26. The minimum Gasteiger partial charge on any atom is -0.381 e. The molecule has 2 fully saturated rings. The van der Waals surface area contributed by atoms with Crippen molar-refractivity contribution in [2.75, 3.05) is 44.3 Å². The second-order valence-corrected chi connectivity index (χ2v) is 5.29. The van der Waals surface area contributed by atoms with Crippen molar-refractivity contribution in [1.82, 2.24) is 15.3 Å². The van der Waals surface area contributed by atoms with E-state index in [1.54, 1.807) is 0 Å². The van der Waals surface area contributed by atoms with E-state index in [1.165, 1.54) is 5.56 Å². The van der Waals surface area contributed by atoms with Gasteiger partial charge in [-0.2, -0.15) is 0 Å². The Morgan fingerprint density at radius 1 is 1.11 bits per heavy atom. The molecule has 0 unspecified atom stereocenters. The topological polar surface area (TPSA) is 50.3 Å². The molecule has 0 aliphatic carbocycles. The minimum atomic E-state index is 0.577. The number of aromatic nitrogens is 2. The van der Waals surface area contributed by atoms with Crippen LogP contribution in [0.2, 0.25) is 0 Å². The van der Waals surface area contributed by atoms with Crippen LogP contribution in [0.15, 0.2) is 12.4 Å². The fourth-order valence-electron chi connectivity index (χ4n) is 2.78. The van der Waals surface area contributed by atoms with Crippen LogP contribution in [0, 0.1) is 0 Å². The van der Waals surface area contributed by atoms with Gasteiger partial charge in [0.2, 0.25) is 5.95 Å². The number of nitrogens with zero attached hydrogens (tertiary/aromatic N) is 3. The van der Waals surface area contributed by atoms with Gasteiger partial charge in [-0.05, 0) is 37.3 Å². The molecule has 1 N–H and O–H groups in total. The van der Waals surface area contributed by atoms with E-state index in [9.17, 15) is 0 Å². The summed E-state index contributed by atoms with van der Waals surface area (Å²) < 4.78 is 5.40. The molecule has 5 heteroatoms. The third-order valence-corrected chi connectivity index (χ3v) is 3.97. The van der Waals surface area contributed by atoms with E-state index in [1.807, 2.05) is 12.4 Å². The molecule has 2 aliphatic rings. The summed E-state index contributed by atoms with van der Waals surface area (Å²) in [7, 11) is 0. The van der Waals surface area contributed by atoms with E-state index < -0.39 is 0 Å². The molecule has 1 aromatic heterocycles. The lowest BCUT2D eigenvalue weighted by atomic mass is 9.94. The lowest BCUT2D eigenvalue weighted by Gasteiger charge is -2.23. The van der Waals surface area contributed by atoms with Crippen LogP contribution in [0.25, 0.3) is 0 Å². The van der Waals surface area contributed by atoms with Gasteiger partial charge in [-0.1, -0.05) is 0 Å². The second kappa shape index (κ2) is 6.30. The number of rotatable bonds is 2. The Morgan fingerprint density at radius 2 is 1.89 bits per heavy atom. The van der Waals surface area contributed by atoms with Crippen molar-refractivity contribution in [3.05, 3.63) is 18.0 Å². The largest absolute Gasteiger partial charge is 0.381 e. The third kappa shape index (κ3) is 3.22. The van der Waals surface area contributed by atoms with E-state index >= 15 is 0 Å². The Morgan fingerprint density at radius 3 is 2.68 bits per heavy atom. The maximum atomic E-state index is 5.40. The lowest BCUT2D eigenvalue weighted by Crippen LogP contribution is -2.29. The quantitative estimate of drug-likeness (QED) is 0.867. The standard InChI is InChI=1S/C14H22N4O/c1-4-15-5-7-18(6-1)14-16-10-13(11-17-14)12-2-8-19-9-3-12/h10-12,15H,1-9H2. The van der Waals surface area contributed by atoms with Gasteiger partial charge in [0.25, 0.3) is 0 Å². The highest BCUT2D eigenvalue weighted by atomic mass is 16.5. The second-order valence-electron chi connectivity index (χ2n) is 5.29. The van der Waals surface area contributed by atoms with Gasteiger partial charge in [0.1, 0.15) is 0 Å². The molecule has 0 saturated carbocycles. The van der Waals surface area contributed by atoms with Crippen LogP contribution in [0.5, 0.6) is 0 Å². The first-order chi connectivity index (χ1) is 9.43. The molecule has 5 nitrogen and oxygen atoms in total. The predicted octanol–water partition coefficient (Wildman–Crippen LogP) is 1.17. The molecule has 2 aliphatic heterocycles. The Bertz CT molecular complexity index is 381. The molecule has 104 valence electrons. The van der Waals surface area contributed by atoms with Gasteiger partial charge in [0, 0.05) is 45.2 Å². The van der Waals surface area contributed by atoms with E-state index in [4.69, 9.17) is 4.74 Å². The summed E-state index contributed by atoms with van der Waals surface area (Å²) in [6.45, 7) is 5.89. The highest BCUT2D eigenvalue weighted by Gasteiger charge is 2.18. The number of anilines is 1. The van der Waals surface area contributed by atoms with Crippen LogP contribution in [-0.4, -0.2) is 49.4 Å². The average molecular weight is 262 g/mol. The Labute approximate surface area is 114 Å². The van der Waals surface area contributed by atoms with Gasteiger partial charge < -0.3 is 15.0 Å². The normalized spacial score (nSPS) is 22.2. The zero-order valence-electron chi connectivity index (χ0n) is 11.3. The van der Waals surface area contributed by atoms with Gasteiger partial charge in [-0.3, -0.25) is 0 Å². The maximum absolute atomic E-state index is 5.40. The first-order valence-corrected chi connectivity index (χ1v) is 7.29. The molecule has 0 amide bonds. The van der Waals surface area contributed by atoms with E-state index in [2.05, 4.69) is 20.2 Å². The smallest absolute Gasteiger partial charge is 0.225 e. The van der Waals surface area contributed by atoms with E-state index in [0.29, 0.717) is 5.92 Å². The van der Waals surface area contributed by atoms with Gasteiger partial charge in [-0.25, -0.2) is 9.97 Å². The zero-order chi connectivity index (χ0) is 12.9. The fourth-order valence-corrected chi connectivity index (χ4v) is 2.78.